The number of rotatable bonds is 2. The minimum absolute atomic E-state index is 0.841. The molecule has 0 bridgehead atoms. The normalized spacial score (nSPS) is 24.4. The molecule has 4 unspecified atom stereocenters. The molecule has 1 aromatic carbocycles. The molecule has 0 radical (unpaired) electrons. The van der Waals surface area contributed by atoms with Gasteiger partial charge in [-0.2, -0.15) is 0 Å². The second kappa shape index (κ2) is 17.0. The van der Waals surface area contributed by atoms with E-state index in [0.29, 0.717) is 0 Å². The zero-order chi connectivity index (χ0) is 25.5. The van der Waals surface area contributed by atoms with Crippen molar-refractivity contribution in [1.29, 1.82) is 0 Å². The molecular weight excluding hydrogens is 408 g/mol. The molecule has 0 aromatic heterocycles. The Bertz CT molecular complexity index is 713. The molecule has 3 aliphatic rings. The highest BCUT2D eigenvalue weighted by molar-refractivity contribution is 5.23. The zero-order valence-corrected chi connectivity index (χ0v) is 24.2. The van der Waals surface area contributed by atoms with E-state index in [1.807, 2.05) is 0 Å². The van der Waals surface area contributed by atoms with Crippen LogP contribution in [0.1, 0.15) is 111 Å². The van der Waals surface area contributed by atoms with E-state index in [-0.39, 0.29) is 0 Å². The molecule has 0 heterocycles. The Kier molecular flexibility index (Phi) is 15.2. The highest BCUT2D eigenvalue weighted by Gasteiger charge is 2.19. The second-order valence-corrected chi connectivity index (χ2v) is 11.5. The van der Waals surface area contributed by atoms with Crippen LogP contribution in [0.25, 0.3) is 0 Å². The van der Waals surface area contributed by atoms with E-state index in [1.165, 1.54) is 62.5 Å². The molecule has 0 saturated heterocycles. The summed E-state index contributed by atoms with van der Waals surface area (Å²) in [6, 6.07) is 8.36. The Morgan fingerprint density at radius 2 is 1.18 bits per heavy atom. The van der Waals surface area contributed by atoms with Crippen molar-refractivity contribution in [3.8, 4) is 0 Å². The average Bonchev–Trinajstić information content (AvgIpc) is 3.35. The standard InChI is InChI=1S/C10H18.2C8H14.C8H10/c1-8(2)9(3)10-6-4-5-7-10;3*1-7-5-3-4-6-8(7)2/h4,6,8-10H,5,7H2,1-3H3;3-6H2,1-2H3;3-4,7-8H,5-6H2,1-2H3;3-6H,1-2H3. The molecule has 0 heteroatoms. The van der Waals surface area contributed by atoms with Crippen LogP contribution < -0.4 is 0 Å². The lowest BCUT2D eigenvalue weighted by Crippen LogP contribution is -2.12. The number of allylic oxidation sites excluding steroid dienone is 6. The minimum atomic E-state index is 0.841. The first-order valence-corrected chi connectivity index (χ1v) is 14.1. The fraction of sp³-hybridized carbons (Fsp3) is 0.647. The molecule has 192 valence electrons. The molecule has 0 amide bonds. The number of aryl methyl sites for hydroxylation is 2. The van der Waals surface area contributed by atoms with E-state index in [4.69, 9.17) is 0 Å². The van der Waals surface area contributed by atoms with Crippen LogP contribution in [-0.4, -0.2) is 0 Å². The lowest BCUT2D eigenvalue weighted by atomic mass is 9.85. The number of hydrogen-bond acceptors (Lipinski definition) is 0. The van der Waals surface area contributed by atoms with E-state index in [1.54, 1.807) is 11.1 Å². The van der Waals surface area contributed by atoms with Gasteiger partial charge in [0.1, 0.15) is 0 Å². The molecule has 0 saturated carbocycles. The van der Waals surface area contributed by atoms with Gasteiger partial charge in [0.25, 0.3) is 0 Å². The summed E-state index contributed by atoms with van der Waals surface area (Å²) in [4.78, 5) is 0. The van der Waals surface area contributed by atoms with Crippen molar-refractivity contribution in [3.05, 3.63) is 70.8 Å². The summed E-state index contributed by atoms with van der Waals surface area (Å²) < 4.78 is 0. The van der Waals surface area contributed by atoms with Gasteiger partial charge in [0, 0.05) is 0 Å². The quantitative estimate of drug-likeness (QED) is 0.382. The summed E-state index contributed by atoms with van der Waals surface area (Å²) in [7, 11) is 0. The van der Waals surface area contributed by atoms with Crippen LogP contribution in [0.4, 0.5) is 0 Å². The van der Waals surface area contributed by atoms with Crippen molar-refractivity contribution in [2.45, 2.75) is 114 Å². The average molecular weight is 465 g/mol. The predicted octanol–water partition coefficient (Wildman–Crippen LogP) is 11.1. The third-order valence-electron chi connectivity index (χ3n) is 8.44. The highest BCUT2D eigenvalue weighted by Crippen LogP contribution is 2.29. The van der Waals surface area contributed by atoms with Gasteiger partial charge < -0.3 is 0 Å². The molecule has 4 atom stereocenters. The molecular formula is C34H56. The van der Waals surface area contributed by atoms with E-state index in [0.717, 1.165) is 29.6 Å². The number of hydrogen-bond donors (Lipinski definition) is 0. The third-order valence-corrected chi connectivity index (χ3v) is 8.44. The van der Waals surface area contributed by atoms with E-state index in [9.17, 15) is 0 Å². The molecule has 0 nitrogen and oxygen atoms in total. The molecule has 0 N–H and O–H groups in total. The monoisotopic (exact) mass is 464 g/mol. The van der Waals surface area contributed by atoms with Crippen molar-refractivity contribution in [3.63, 3.8) is 0 Å². The third kappa shape index (κ3) is 12.2. The largest absolute Gasteiger partial charge is 0.0883 e. The van der Waals surface area contributed by atoms with Crippen LogP contribution in [0.2, 0.25) is 0 Å². The Morgan fingerprint density at radius 3 is 1.47 bits per heavy atom. The molecule has 0 aliphatic heterocycles. The van der Waals surface area contributed by atoms with Crippen LogP contribution in [0, 0.1) is 43.4 Å². The highest BCUT2D eigenvalue weighted by atomic mass is 14.2. The second-order valence-electron chi connectivity index (χ2n) is 11.5. The molecule has 4 rings (SSSR count). The summed E-state index contributed by atoms with van der Waals surface area (Å²) in [5.74, 6) is 4.42. The summed E-state index contributed by atoms with van der Waals surface area (Å²) in [6.45, 7) is 20.4. The summed E-state index contributed by atoms with van der Waals surface area (Å²) in [6.07, 6.45) is 20.1. The van der Waals surface area contributed by atoms with Crippen LogP contribution in [0.3, 0.4) is 0 Å². The SMILES string of the molecule is CC(C)C(C)C1C=CCC1.CC1=C(C)CCCC1.CC1CC=CCC1C.Cc1ccccc1C. The summed E-state index contributed by atoms with van der Waals surface area (Å²) in [5.41, 5.74) is 6.01. The first-order chi connectivity index (χ1) is 16.1. The van der Waals surface area contributed by atoms with Gasteiger partial charge in [-0.25, -0.2) is 0 Å². The van der Waals surface area contributed by atoms with E-state index < -0.39 is 0 Å². The Balaban J connectivity index is 0.000000228. The summed E-state index contributed by atoms with van der Waals surface area (Å²) in [5, 5.41) is 0. The first kappa shape index (κ1) is 30.5. The maximum absolute atomic E-state index is 2.39. The van der Waals surface area contributed by atoms with Crippen molar-refractivity contribution in [2.75, 3.05) is 0 Å². The lowest BCUT2D eigenvalue weighted by Gasteiger charge is -2.20. The summed E-state index contributed by atoms with van der Waals surface area (Å²) >= 11 is 0. The van der Waals surface area contributed by atoms with Crippen molar-refractivity contribution in [1.82, 2.24) is 0 Å². The minimum Gasteiger partial charge on any atom is -0.0883 e. The lowest BCUT2D eigenvalue weighted by molar-refractivity contribution is 0.321. The Hall–Kier alpha value is -1.56. The van der Waals surface area contributed by atoms with Gasteiger partial charge in [0.2, 0.25) is 0 Å². The van der Waals surface area contributed by atoms with Gasteiger partial charge in [0.15, 0.2) is 0 Å². The van der Waals surface area contributed by atoms with E-state index >= 15 is 0 Å². The molecule has 1 aromatic rings. The van der Waals surface area contributed by atoms with Crippen molar-refractivity contribution in [2.24, 2.45) is 29.6 Å². The fourth-order valence-corrected chi connectivity index (χ4v) is 4.54. The Morgan fingerprint density at radius 1 is 0.706 bits per heavy atom. The van der Waals surface area contributed by atoms with Crippen molar-refractivity contribution < 1.29 is 0 Å². The predicted molar refractivity (Wildman–Crippen MR) is 155 cm³/mol. The van der Waals surface area contributed by atoms with Gasteiger partial charge in [-0.3, -0.25) is 0 Å². The van der Waals surface area contributed by atoms with Crippen LogP contribution in [-0.2, 0) is 0 Å². The molecule has 0 fully saturated rings. The van der Waals surface area contributed by atoms with Gasteiger partial charge in [0.05, 0.1) is 0 Å². The van der Waals surface area contributed by atoms with Gasteiger partial charge in [-0.05, 0) is 120 Å². The molecule has 3 aliphatic carbocycles. The maximum Gasteiger partial charge on any atom is -0.0202 e. The van der Waals surface area contributed by atoms with Crippen LogP contribution >= 0.6 is 0 Å². The van der Waals surface area contributed by atoms with Gasteiger partial charge >= 0.3 is 0 Å². The first-order valence-electron chi connectivity index (χ1n) is 14.1. The van der Waals surface area contributed by atoms with Crippen LogP contribution in [0.5, 0.6) is 0 Å². The van der Waals surface area contributed by atoms with Gasteiger partial charge in [-0.15, -0.1) is 0 Å². The zero-order valence-electron chi connectivity index (χ0n) is 24.2. The van der Waals surface area contributed by atoms with Gasteiger partial charge in [-0.1, -0.05) is 94.3 Å². The maximum atomic E-state index is 2.39. The molecule has 34 heavy (non-hydrogen) atoms. The molecule has 0 spiro atoms. The van der Waals surface area contributed by atoms with E-state index in [2.05, 4.69) is 111 Å². The Labute approximate surface area is 214 Å². The number of benzene rings is 1. The topological polar surface area (TPSA) is 0 Å². The van der Waals surface area contributed by atoms with Crippen molar-refractivity contribution >= 4 is 0 Å². The fourth-order valence-electron chi connectivity index (χ4n) is 4.54. The van der Waals surface area contributed by atoms with Crippen LogP contribution in [0.15, 0.2) is 59.7 Å². The smallest absolute Gasteiger partial charge is 0.0202 e.